The van der Waals surface area contributed by atoms with Crippen molar-refractivity contribution in [2.75, 3.05) is 18.7 Å². The number of thioether (sulfide) groups is 1. The molecule has 1 unspecified atom stereocenters. The molecule has 0 saturated heterocycles. The Balaban J connectivity index is 2.23. The van der Waals surface area contributed by atoms with Gasteiger partial charge in [0.1, 0.15) is 11.8 Å². The van der Waals surface area contributed by atoms with Crippen molar-refractivity contribution in [3.05, 3.63) is 53.6 Å². The Bertz CT molecular complexity index is 647. The van der Waals surface area contributed by atoms with Gasteiger partial charge in [-0.1, -0.05) is 18.2 Å². The van der Waals surface area contributed by atoms with Gasteiger partial charge in [0.05, 0.1) is 18.4 Å². The van der Waals surface area contributed by atoms with Crippen LogP contribution in [-0.2, 0) is 0 Å². The summed E-state index contributed by atoms with van der Waals surface area (Å²) >= 11 is 1.58. The highest BCUT2D eigenvalue weighted by atomic mass is 32.2. The van der Waals surface area contributed by atoms with Gasteiger partial charge < -0.3 is 10.1 Å². The van der Waals surface area contributed by atoms with E-state index in [1.807, 2.05) is 48.7 Å². The fourth-order valence-electron chi connectivity index (χ4n) is 2.15. The number of nitriles is 1. The summed E-state index contributed by atoms with van der Waals surface area (Å²) in [7, 11) is 1.66. The second-order valence-corrected chi connectivity index (χ2v) is 5.48. The topological polar surface area (TPSA) is 45.0 Å². The Morgan fingerprint density at radius 1 is 1.19 bits per heavy atom. The van der Waals surface area contributed by atoms with Crippen LogP contribution in [0.25, 0.3) is 0 Å². The average Bonchev–Trinajstić information content (AvgIpc) is 2.54. The molecule has 1 N–H and O–H groups in total. The third-order valence-electron chi connectivity index (χ3n) is 3.35. The zero-order chi connectivity index (χ0) is 15.2. The van der Waals surface area contributed by atoms with Gasteiger partial charge in [0.2, 0.25) is 0 Å². The third kappa shape index (κ3) is 3.50. The van der Waals surface area contributed by atoms with Crippen molar-refractivity contribution in [2.45, 2.75) is 17.9 Å². The Morgan fingerprint density at radius 2 is 1.90 bits per heavy atom. The first-order valence-corrected chi connectivity index (χ1v) is 7.89. The van der Waals surface area contributed by atoms with E-state index in [9.17, 15) is 5.26 Å². The predicted molar refractivity (Wildman–Crippen MR) is 88.0 cm³/mol. The second kappa shape index (κ2) is 7.05. The lowest BCUT2D eigenvalue weighted by molar-refractivity contribution is 0.414. The van der Waals surface area contributed by atoms with Crippen LogP contribution in [0.2, 0.25) is 0 Å². The molecule has 3 nitrogen and oxygen atoms in total. The Hall–Kier alpha value is -2.12. The Morgan fingerprint density at radius 3 is 2.48 bits per heavy atom. The number of nitrogens with zero attached hydrogens (tertiary/aromatic N) is 1. The van der Waals surface area contributed by atoms with Gasteiger partial charge in [0.15, 0.2) is 0 Å². The number of anilines is 1. The van der Waals surface area contributed by atoms with Crippen molar-refractivity contribution in [1.29, 1.82) is 5.26 Å². The molecule has 2 aromatic rings. The molecule has 21 heavy (non-hydrogen) atoms. The van der Waals surface area contributed by atoms with Crippen molar-refractivity contribution in [3.63, 3.8) is 0 Å². The van der Waals surface area contributed by atoms with Gasteiger partial charge in [0, 0.05) is 10.9 Å². The summed E-state index contributed by atoms with van der Waals surface area (Å²) in [4.78, 5) is 0.990. The number of rotatable bonds is 5. The maximum absolute atomic E-state index is 9.36. The van der Waals surface area contributed by atoms with Crippen LogP contribution < -0.4 is 10.1 Å². The highest BCUT2D eigenvalue weighted by molar-refractivity contribution is 7.98. The molecule has 0 amide bonds. The molecule has 0 aromatic heterocycles. The van der Waals surface area contributed by atoms with Crippen molar-refractivity contribution in [1.82, 2.24) is 0 Å². The van der Waals surface area contributed by atoms with E-state index in [1.165, 1.54) is 0 Å². The Kier molecular flexibility index (Phi) is 5.13. The van der Waals surface area contributed by atoms with Gasteiger partial charge >= 0.3 is 0 Å². The average molecular weight is 298 g/mol. The third-order valence-corrected chi connectivity index (χ3v) is 4.13. The van der Waals surface area contributed by atoms with E-state index in [0.29, 0.717) is 5.56 Å². The number of nitrogens with one attached hydrogen (secondary N) is 1. The lowest BCUT2D eigenvalue weighted by atomic mass is 10.1. The van der Waals surface area contributed by atoms with Gasteiger partial charge in [-0.2, -0.15) is 5.26 Å². The van der Waals surface area contributed by atoms with Gasteiger partial charge in [-0.3, -0.25) is 0 Å². The summed E-state index contributed by atoms with van der Waals surface area (Å²) in [6.45, 7) is 2.08. The predicted octanol–water partition coefficient (Wildman–Crippen LogP) is 4.46. The van der Waals surface area contributed by atoms with E-state index in [-0.39, 0.29) is 6.04 Å². The summed E-state index contributed by atoms with van der Waals surface area (Å²) in [6.07, 6.45) is 1.98. The fourth-order valence-corrected chi connectivity index (χ4v) is 2.72. The lowest BCUT2D eigenvalue weighted by Crippen LogP contribution is -2.08. The molecular formula is C17H18N2OS. The zero-order valence-corrected chi connectivity index (χ0v) is 13.2. The van der Waals surface area contributed by atoms with Crippen molar-refractivity contribution in [2.24, 2.45) is 0 Å². The smallest absolute Gasteiger partial charge is 0.118 e. The Labute approximate surface area is 129 Å². The largest absolute Gasteiger partial charge is 0.497 e. The lowest BCUT2D eigenvalue weighted by Gasteiger charge is -2.18. The minimum absolute atomic E-state index is 0.111. The molecule has 0 aliphatic rings. The van der Waals surface area contributed by atoms with Crippen LogP contribution in [-0.4, -0.2) is 13.4 Å². The van der Waals surface area contributed by atoms with Crippen LogP contribution >= 0.6 is 11.8 Å². The quantitative estimate of drug-likeness (QED) is 0.828. The minimum atomic E-state index is 0.111. The molecule has 2 aromatic carbocycles. The first kappa shape index (κ1) is 15.3. The number of benzene rings is 2. The number of hydrogen-bond donors (Lipinski definition) is 1. The summed E-state index contributed by atoms with van der Waals surface area (Å²) in [5.41, 5.74) is 2.72. The molecule has 0 radical (unpaired) electrons. The number of hydrogen-bond acceptors (Lipinski definition) is 4. The molecule has 0 spiro atoms. The molecule has 4 heteroatoms. The first-order chi connectivity index (χ1) is 10.2. The van der Waals surface area contributed by atoms with E-state index in [0.717, 1.165) is 21.9 Å². The molecule has 0 aliphatic carbocycles. The van der Waals surface area contributed by atoms with Crippen LogP contribution in [0.1, 0.15) is 24.1 Å². The van der Waals surface area contributed by atoms with Gasteiger partial charge in [-0.05, 0) is 43.0 Å². The maximum atomic E-state index is 9.36. The molecule has 0 saturated carbocycles. The monoisotopic (exact) mass is 298 g/mol. The van der Waals surface area contributed by atoms with Gasteiger partial charge in [0.25, 0.3) is 0 Å². The van der Waals surface area contributed by atoms with E-state index in [1.54, 1.807) is 18.9 Å². The normalized spacial score (nSPS) is 11.5. The van der Waals surface area contributed by atoms with Crippen LogP contribution in [0.4, 0.5) is 5.69 Å². The molecule has 0 fully saturated rings. The van der Waals surface area contributed by atoms with Crippen LogP contribution in [0.5, 0.6) is 5.75 Å². The first-order valence-electron chi connectivity index (χ1n) is 6.67. The van der Waals surface area contributed by atoms with Crippen LogP contribution in [0.3, 0.4) is 0 Å². The van der Waals surface area contributed by atoms with E-state index in [2.05, 4.69) is 18.3 Å². The molecule has 0 bridgehead atoms. The van der Waals surface area contributed by atoms with Gasteiger partial charge in [-0.15, -0.1) is 11.8 Å². The van der Waals surface area contributed by atoms with Crippen molar-refractivity contribution in [3.8, 4) is 11.8 Å². The minimum Gasteiger partial charge on any atom is -0.497 e. The SMILES string of the molecule is COc1ccc(C(C)Nc2cccc(SC)c2C#N)cc1. The molecule has 2 rings (SSSR count). The molecule has 0 heterocycles. The second-order valence-electron chi connectivity index (χ2n) is 4.63. The van der Waals surface area contributed by atoms with E-state index < -0.39 is 0 Å². The van der Waals surface area contributed by atoms with E-state index >= 15 is 0 Å². The van der Waals surface area contributed by atoms with Crippen LogP contribution in [0.15, 0.2) is 47.4 Å². The highest BCUT2D eigenvalue weighted by Gasteiger charge is 2.11. The van der Waals surface area contributed by atoms with Crippen LogP contribution in [0, 0.1) is 11.3 Å². The zero-order valence-electron chi connectivity index (χ0n) is 12.4. The summed E-state index contributed by atoms with van der Waals surface area (Å²) < 4.78 is 5.17. The van der Waals surface area contributed by atoms with Gasteiger partial charge in [-0.25, -0.2) is 0 Å². The summed E-state index contributed by atoms with van der Waals surface area (Å²) in [5, 5.41) is 12.8. The van der Waals surface area contributed by atoms with Crippen molar-refractivity contribution < 1.29 is 4.74 Å². The maximum Gasteiger partial charge on any atom is 0.118 e. The number of ether oxygens (including phenoxy) is 1. The standard InChI is InChI=1S/C17H18N2OS/c1-12(13-7-9-14(20-2)10-8-13)19-16-5-4-6-17(21-3)15(16)11-18/h4-10,12,19H,1-3H3. The molecular weight excluding hydrogens is 280 g/mol. The highest BCUT2D eigenvalue weighted by Crippen LogP contribution is 2.29. The molecule has 108 valence electrons. The fraction of sp³-hybridized carbons (Fsp3) is 0.235. The van der Waals surface area contributed by atoms with Crippen molar-refractivity contribution >= 4 is 17.4 Å². The molecule has 0 aliphatic heterocycles. The number of methoxy groups -OCH3 is 1. The summed E-state index contributed by atoms with van der Waals surface area (Å²) in [6, 6.07) is 16.2. The molecule has 1 atom stereocenters. The summed E-state index contributed by atoms with van der Waals surface area (Å²) in [5.74, 6) is 0.841. The van der Waals surface area contributed by atoms with E-state index in [4.69, 9.17) is 4.74 Å².